The van der Waals surface area contributed by atoms with Crippen LogP contribution in [-0.4, -0.2) is 57.2 Å². The van der Waals surface area contributed by atoms with Gasteiger partial charge in [0.15, 0.2) is 6.61 Å². The number of anilines is 1. The van der Waals surface area contributed by atoms with Crippen molar-refractivity contribution in [2.75, 3.05) is 36.3 Å². The average molecular weight is 380 g/mol. The normalized spacial score (nSPS) is 15.5. The number of benzene rings is 1. The van der Waals surface area contributed by atoms with Crippen LogP contribution >= 0.6 is 0 Å². The molecular formula is C18H24N2O5S. The zero-order chi connectivity index (χ0) is 19.3. The number of likely N-dealkylation sites (N-methyl/N-ethyl adjacent to an activating group) is 1. The Morgan fingerprint density at radius 3 is 2.42 bits per heavy atom. The minimum absolute atomic E-state index is 0.136. The van der Waals surface area contributed by atoms with E-state index in [4.69, 9.17) is 4.74 Å². The fourth-order valence-electron chi connectivity index (χ4n) is 2.70. The van der Waals surface area contributed by atoms with Crippen molar-refractivity contribution in [2.45, 2.75) is 20.3 Å². The third-order valence-corrected chi connectivity index (χ3v) is 5.88. The van der Waals surface area contributed by atoms with E-state index in [2.05, 4.69) is 6.58 Å². The van der Waals surface area contributed by atoms with E-state index in [1.54, 1.807) is 17.0 Å². The first-order valence-electron chi connectivity index (χ1n) is 8.44. The van der Waals surface area contributed by atoms with Gasteiger partial charge in [0.2, 0.25) is 10.0 Å². The van der Waals surface area contributed by atoms with Gasteiger partial charge in [0.05, 0.1) is 17.0 Å². The van der Waals surface area contributed by atoms with E-state index in [1.165, 1.54) is 16.4 Å². The molecule has 1 aromatic rings. The van der Waals surface area contributed by atoms with E-state index >= 15 is 0 Å². The van der Waals surface area contributed by atoms with Crippen LogP contribution in [0.25, 0.3) is 0 Å². The van der Waals surface area contributed by atoms with Gasteiger partial charge in [-0.2, -0.15) is 0 Å². The Bertz CT molecular complexity index is 786. The lowest BCUT2D eigenvalue weighted by Gasteiger charge is -2.20. The molecular weight excluding hydrogens is 356 g/mol. The lowest BCUT2D eigenvalue weighted by Crippen LogP contribution is -2.35. The summed E-state index contributed by atoms with van der Waals surface area (Å²) < 4.78 is 30.2. The average Bonchev–Trinajstić information content (AvgIpc) is 2.96. The summed E-state index contributed by atoms with van der Waals surface area (Å²) in [6.07, 6.45) is 0.590. The molecule has 1 aliphatic rings. The maximum atomic E-state index is 12.1. The molecule has 0 unspecified atom stereocenters. The first kappa shape index (κ1) is 20.0. The highest BCUT2D eigenvalue weighted by molar-refractivity contribution is 7.93. The molecule has 8 heteroatoms. The van der Waals surface area contributed by atoms with Crippen molar-refractivity contribution in [1.82, 2.24) is 4.90 Å². The highest BCUT2D eigenvalue weighted by Crippen LogP contribution is 2.24. The van der Waals surface area contributed by atoms with Crippen molar-refractivity contribution in [1.29, 1.82) is 0 Å². The van der Waals surface area contributed by atoms with Crippen LogP contribution in [0, 0.1) is 0 Å². The van der Waals surface area contributed by atoms with Crippen molar-refractivity contribution in [2.24, 2.45) is 0 Å². The summed E-state index contributed by atoms with van der Waals surface area (Å²) in [4.78, 5) is 25.7. The SMILES string of the molecule is C=C(C)CN(CC)C(=O)COC(=O)c1ccc(N2CCCS2(=O)=O)cc1. The second kappa shape index (κ2) is 8.35. The van der Waals surface area contributed by atoms with E-state index in [9.17, 15) is 18.0 Å². The lowest BCUT2D eigenvalue weighted by molar-refractivity contribution is -0.133. The molecule has 1 aromatic carbocycles. The number of carbonyl (C=O) groups is 2. The zero-order valence-corrected chi connectivity index (χ0v) is 15.9. The number of esters is 1. The molecule has 1 fully saturated rings. The van der Waals surface area contributed by atoms with Crippen molar-refractivity contribution < 1.29 is 22.7 Å². The Morgan fingerprint density at radius 1 is 1.27 bits per heavy atom. The maximum absolute atomic E-state index is 12.1. The number of carbonyl (C=O) groups excluding carboxylic acids is 2. The molecule has 1 aliphatic heterocycles. The molecule has 1 amide bonds. The van der Waals surface area contributed by atoms with Gasteiger partial charge in [-0.1, -0.05) is 12.2 Å². The molecule has 0 aromatic heterocycles. The number of amides is 1. The third-order valence-electron chi connectivity index (χ3n) is 4.01. The number of sulfonamides is 1. The van der Waals surface area contributed by atoms with Gasteiger partial charge in [0.25, 0.3) is 5.91 Å². The molecule has 0 N–H and O–H groups in total. The highest BCUT2D eigenvalue weighted by Gasteiger charge is 2.28. The first-order chi connectivity index (χ1) is 12.2. The molecule has 0 spiro atoms. The first-order valence-corrected chi connectivity index (χ1v) is 10.0. The number of nitrogens with zero attached hydrogens (tertiary/aromatic N) is 2. The van der Waals surface area contributed by atoms with Crippen LogP contribution in [0.15, 0.2) is 36.4 Å². The van der Waals surface area contributed by atoms with Crippen molar-refractivity contribution in [3.05, 3.63) is 42.0 Å². The summed E-state index contributed by atoms with van der Waals surface area (Å²) in [7, 11) is -3.26. The van der Waals surface area contributed by atoms with E-state index in [0.29, 0.717) is 31.7 Å². The van der Waals surface area contributed by atoms with E-state index in [0.717, 1.165) is 5.57 Å². The minimum Gasteiger partial charge on any atom is -0.452 e. The van der Waals surface area contributed by atoms with E-state index in [1.807, 2.05) is 13.8 Å². The summed E-state index contributed by atoms with van der Waals surface area (Å²) in [6.45, 7) is 8.46. The van der Waals surface area contributed by atoms with Gasteiger partial charge in [-0.3, -0.25) is 9.10 Å². The molecule has 26 heavy (non-hydrogen) atoms. The quantitative estimate of drug-likeness (QED) is 0.532. The monoisotopic (exact) mass is 380 g/mol. The van der Waals surface area contributed by atoms with E-state index in [-0.39, 0.29) is 23.8 Å². The fourth-order valence-corrected chi connectivity index (χ4v) is 4.26. The number of hydrogen-bond acceptors (Lipinski definition) is 5. The predicted octanol–water partition coefficient (Wildman–Crippen LogP) is 1.81. The standard InChI is InChI=1S/C18H24N2O5S/c1-4-19(12-14(2)3)17(21)13-25-18(22)15-6-8-16(9-7-15)20-10-5-11-26(20,23)24/h6-9H,2,4-5,10-13H2,1,3H3. The molecule has 0 aliphatic carbocycles. The number of ether oxygens (including phenoxy) is 1. The van der Waals surface area contributed by atoms with Crippen molar-refractivity contribution >= 4 is 27.6 Å². The summed E-state index contributed by atoms with van der Waals surface area (Å²) in [5, 5.41) is 0. The molecule has 1 heterocycles. The lowest BCUT2D eigenvalue weighted by atomic mass is 10.2. The number of rotatable bonds is 7. The molecule has 0 saturated carbocycles. The highest BCUT2D eigenvalue weighted by atomic mass is 32.2. The van der Waals surface area contributed by atoms with Gasteiger partial charge < -0.3 is 9.64 Å². The Labute approximate surface area is 154 Å². The van der Waals surface area contributed by atoms with Gasteiger partial charge >= 0.3 is 5.97 Å². The van der Waals surface area contributed by atoms with Gasteiger partial charge in [-0.15, -0.1) is 0 Å². The predicted molar refractivity (Wildman–Crippen MR) is 99.5 cm³/mol. The molecule has 0 radical (unpaired) electrons. The van der Waals surface area contributed by atoms with Gasteiger partial charge in [0.1, 0.15) is 0 Å². The molecule has 0 bridgehead atoms. The summed E-state index contributed by atoms with van der Waals surface area (Å²) in [6, 6.07) is 6.14. The third kappa shape index (κ3) is 4.85. The second-order valence-electron chi connectivity index (χ2n) is 6.23. The second-order valence-corrected chi connectivity index (χ2v) is 8.24. The van der Waals surface area contributed by atoms with Crippen LogP contribution in [0.2, 0.25) is 0 Å². The molecule has 0 atom stereocenters. The largest absolute Gasteiger partial charge is 0.452 e. The van der Waals surface area contributed by atoms with Crippen LogP contribution in [0.4, 0.5) is 5.69 Å². The van der Waals surface area contributed by atoms with Gasteiger partial charge in [-0.05, 0) is 44.5 Å². The smallest absolute Gasteiger partial charge is 0.338 e. The van der Waals surface area contributed by atoms with Gasteiger partial charge in [-0.25, -0.2) is 13.2 Å². The Kier molecular flexibility index (Phi) is 6.42. The van der Waals surface area contributed by atoms with Crippen LogP contribution < -0.4 is 4.31 Å². The van der Waals surface area contributed by atoms with Crippen LogP contribution in [0.3, 0.4) is 0 Å². The fraction of sp³-hybridized carbons (Fsp3) is 0.444. The summed E-state index contributed by atoms with van der Waals surface area (Å²) in [5.41, 5.74) is 1.63. The van der Waals surface area contributed by atoms with Crippen LogP contribution in [0.5, 0.6) is 0 Å². The zero-order valence-electron chi connectivity index (χ0n) is 15.1. The molecule has 7 nitrogen and oxygen atoms in total. The van der Waals surface area contributed by atoms with Gasteiger partial charge in [0, 0.05) is 19.6 Å². The minimum atomic E-state index is -3.26. The number of hydrogen-bond donors (Lipinski definition) is 0. The van der Waals surface area contributed by atoms with E-state index < -0.39 is 16.0 Å². The molecule has 142 valence electrons. The molecule has 1 saturated heterocycles. The molecule has 2 rings (SSSR count). The topological polar surface area (TPSA) is 84.0 Å². The van der Waals surface area contributed by atoms with Crippen molar-refractivity contribution in [3.63, 3.8) is 0 Å². The summed E-state index contributed by atoms with van der Waals surface area (Å²) in [5.74, 6) is -0.777. The summed E-state index contributed by atoms with van der Waals surface area (Å²) >= 11 is 0. The maximum Gasteiger partial charge on any atom is 0.338 e. The van der Waals surface area contributed by atoms with Crippen molar-refractivity contribution in [3.8, 4) is 0 Å². The Balaban J connectivity index is 1.96. The Hall–Kier alpha value is -2.35. The van der Waals surface area contributed by atoms with Crippen LogP contribution in [-0.2, 0) is 19.6 Å². The Morgan fingerprint density at radius 2 is 1.92 bits per heavy atom. The van der Waals surface area contributed by atoms with Crippen LogP contribution in [0.1, 0.15) is 30.6 Å².